The number of carbonyl (C=O) groups excluding carboxylic acids is 2. The highest BCUT2D eigenvalue weighted by molar-refractivity contribution is 7.13. The van der Waals surface area contributed by atoms with Gasteiger partial charge in [0.2, 0.25) is 5.01 Å². The van der Waals surface area contributed by atoms with Crippen molar-refractivity contribution in [3.05, 3.63) is 75.7 Å². The molecule has 1 atom stereocenters. The second-order valence-corrected chi connectivity index (χ2v) is 9.09. The molecule has 6 nitrogen and oxygen atoms in total. The lowest BCUT2D eigenvalue weighted by atomic mass is 10.1. The number of hydrogen-bond acceptors (Lipinski definition) is 5. The number of nitrogens with one attached hydrogen (secondary N) is 2. The van der Waals surface area contributed by atoms with Gasteiger partial charge in [-0.3, -0.25) is 9.59 Å². The fourth-order valence-corrected chi connectivity index (χ4v) is 4.02. The molecule has 0 aliphatic heterocycles. The van der Waals surface area contributed by atoms with Crippen molar-refractivity contribution in [3.63, 3.8) is 0 Å². The summed E-state index contributed by atoms with van der Waals surface area (Å²) in [6.45, 7) is 6.21. The Kier molecular flexibility index (Phi) is 7.89. The molecule has 0 spiro atoms. The Balaban J connectivity index is 1.50. The van der Waals surface area contributed by atoms with Crippen molar-refractivity contribution in [3.8, 4) is 0 Å². The van der Waals surface area contributed by atoms with Gasteiger partial charge in [-0.2, -0.15) is 0 Å². The fraction of sp³-hybridized carbons (Fsp3) is 0.333. The Morgan fingerprint density at radius 2 is 1.65 bits per heavy atom. The molecule has 31 heavy (non-hydrogen) atoms. The van der Waals surface area contributed by atoms with Crippen molar-refractivity contribution < 1.29 is 9.59 Å². The van der Waals surface area contributed by atoms with Gasteiger partial charge in [-0.15, -0.1) is 10.2 Å². The number of nitrogens with zero attached hydrogens (tertiary/aromatic N) is 2. The summed E-state index contributed by atoms with van der Waals surface area (Å²) in [5, 5.41) is 15.1. The molecule has 0 saturated heterocycles. The van der Waals surface area contributed by atoms with Crippen LogP contribution in [0, 0.1) is 5.92 Å². The van der Waals surface area contributed by atoms with E-state index in [-0.39, 0.29) is 17.9 Å². The maximum Gasteiger partial charge on any atom is 0.286 e. The van der Waals surface area contributed by atoms with Crippen molar-refractivity contribution >= 4 is 28.8 Å². The van der Waals surface area contributed by atoms with Gasteiger partial charge in [-0.1, -0.05) is 55.5 Å². The van der Waals surface area contributed by atoms with Gasteiger partial charge in [0, 0.05) is 23.7 Å². The van der Waals surface area contributed by atoms with Gasteiger partial charge in [-0.25, -0.2) is 0 Å². The number of rotatable bonds is 9. The molecule has 2 aromatic carbocycles. The van der Waals surface area contributed by atoms with Crippen LogP contribution in [-0.2, 0) is 12.8 Å². The van der Waals surface area contributed by atoms with Crippen LogP contribution in [-0.4, -0.2) is 28.1 Å². The molecule has 1 aromatic heterocycles. The lowest BCUT2D eigenvalue weighted by molar-refractivity contribution is 0.0938. The smallest absolute Gasteiger partial charge is 0.286 e. The van der Waals surface area contributed by atoms with E-state index in [0.29, 0.717) is 22.2 Å². The molecule has 0 fully saturated rings. The van der Waals surface area contributed by atoms with E-state index in [2.05, 4.69) is 46.8 Å². The first-order valence-corrected chi connectivity index (χ1v) is 11.3. The molecule has 7 heteroatoms. The molecule has 1 heterocycles. The summed E-state index contributed by atoms with van der Waals surface area (Å²) in [6.07, 6.45) is 2.58. The highest BCUT2D eigenvalue weighted by atomic mass is 32.1. The summed E-state index contributed by atoms with van der Waals surface area (Å²) in [5.41, 5.74) is 2.43. The minimum Gasteiger partial charge on any atom is -0.350 e. The van der Waals surface area contributed by atoms with Crippen molar-refractivity contribution in [1.82, 2.24) is 15.5 Å². The van der Waals surface area contributed by atoms with E-state index in [0.717, 1.165) is 24.3 Å². The lowest BCUT2D eigenvalue weighted by Crippen LogP contribution is -2.32. The van der Waals surface area contributed by atoms with Crippen LogP contribution in [0.1, 0.15) is 57.9 Å². The van der Waals surface area contributed by atoms with Crippen LogP contribution < -0.4 is 10.6 Å². The fourth-order valence-electron chi connectivity index (χ4n) is 3.07. The maximum atomic E-state index is 12.5. The van der Waals surface area contributed by atoms with Crippen LogP contribution >= 0.6 is 11.3 Å². The second kappa shape index (κ2) is 10.8. The minimum atomic E-state index is -0.292. The zero-order valence-corrected chi connectivity index (χ0v) is 18.9. The normalized spacial score (nSPS) is 11.9. The van der Waals surface area contributed by atoms with Gasteiger partial charge in [0.05, 0.1) is 0 Å². The van der Waals surface area contributed by atoms with Crippen molar-refractivity contribution in [1.29, 1.82) is 0 Å². The predicted molar refractivity (Wildman–Crippen MR) is 125 cm³/mol. The number of aromatic nitrogens is 2. The Labute approximate surface area is 187 Å². The minimum absolute atomic E-state index is 0.0597. The van der Waals surface area contributed by atoms with Gasteiger partial charge in [-0.05, 0) is 55.5 Å². The van der Waals surface area contributed by atoms with Crippen LogP contribution in [0.2, 0.25) is 0 Å². The third kappa shape index (κ3) is 7.00. The molecule has 0 radical (unpaired) electrons. The van der Waals surface area contributed by atoms with E-state index in [1.54, 1.807) is 24.3 Å². The Hall–Kier alpha value is -3.06. The molecule has 3 aromatic rings. The molecule has 0 aliphatic rings. The van der Waals surface area contributed by atoms with Gasteiger partial charge in [0.15, 0.2) is 0 Å². The summed E-state index contributed by atoms with van der Waals surface area (Å²) in [4.78, 5) is 24.9. The molecule has 162 valence electrons. The molecule has 0 saturated carbocycles. The average Bonchev–Trinajstić information content (AvgIpc) is 3.21. The molecule has 2 N–H and O–H groups in total. The van der Waals surface area contributed by atoms with E-state index >= 15 is 0 Å². The first-order valence-electron chi connectivity index (χ1n) is 10.5. The number of aryl methyl sites for hydroxylation is 1. The summed E-state index contributed by atoms with van der Waals surface area (Å²) in [7, 11) is 0. The Bertz CT molecular complexity index is 1000. The van der Waals surface area contributed by atoms with Gasteiger partial charge >= 0.3 is 0 Å². The number of anilines is 1. The third-order valence-corrected chi connectivity index (χ3v) is 5.68. The van der Waals surface area contributed by atoms with Gasteiger partial charge < -0.3 is 10.6 Å². The highest BCUT2D eigenvalue weighted by Crippen LogP contribution is 2.17. The first-order chi connectivity index (χ1) is 14.9. The zero-order valence-electron chi connectivity index (χ0n) is 18.1. The summed E-state index contributed by atoms with van der Waals surface area (Å²) < 4.78 is 0. The molecule has 2 amide bonds. The SMILES string of the molecule is CC(C)Cc1nnc(C(=O)Nc2ccc(C(=O)N[C@H](C)CCc3ccccc3)cc2)s1. The average molecular weight is 437 g/mol. The summed E-state index contributed by atoms with van der Waals surface area (Å²) in [5.74, 6) is 0.0451. The van der Waals surface area contributed by atoms with Crippen LogP contribution in [0.3, 0.4) is 0 Å². The number of benzene rings is 2. The Morgan fingerprint density at radius 3 is 2.32 bits per heavy atom. The molecular weight excluding hydrogens is 408 g/mol. The van der Waals surface area contributed by atoms with E-state index < -0.39 is 0 Å². The highest BCUT2D eigenvalue weighted by Gasteiger charge is 2.15. The third-order valence-electron chi connectivity index (χ3n) is 4.74. The summed E-state index contributed by atoms with van der Waals surface area (Å²) >= 11 is 1.31. The van der Waals surface area contributed by atoms with Crippen LogP contribution in [0.5, 0.6) is 0 Å². The number of carbonyl (C=O) groups is 2. The molecule has 0 unspecified atom stereocenters. The second-order valence-electron chi connectivity index (χ2n) is 8.03. The lowest BCUT2D eigenvalue weighted by Gasteiger charge is -2.14. The number of hydrogen-bond donors (Lipinski definition) is 2. The zero-order chi connectivity index (χ0) is 22.2. The van der Waals surface area contributed by atoms with E-state index in [1.807, 2.05) is 25.1 Å². The van der Waals surface area contributed by atoms with E-state index in [9.17, 15) is 9.59 Å². The molecule has 0 bridgehead atoms. The first kappa shape index (κ1) is 22.6. The summed E-state index contributed by atoms with van der Waals surface area (Å²) in [6, 6.07) is 17.1. The van der Waals surface area contributed by atoms with Crippen LogP contribution in [0.4, 0.5) is 5.69 Å². The molecular formula is C24H28N4O2S. The largest absolute Gasteiger partial charge is 0.350 e. The van der Waals surface area contributed by atoms with Crippen molar-refractivity contribution in [2.24, 2.45) is 5.92 Å². The molecule has 0 aliphatic carbocycles. The standard InChI is InChI=1S/C24H28N4O2S/c1-16(2)15-21-27-28-24(31-21)23(30)26-20-13-11-19(12-14-20)22(29)25-17(3)9-10-18-7-5-4-6-8-18/h4-8,11-14,16-17H,9-10,15H2,1-3H3,(H,25,29)(H,26,30)/t17-/m1/s1. The quantitative estimate of drug-likeness (QED) is 0.507. The van der Waals surface area contributed by atoms with E-state index in [1.165, 1.54) is 16.9 Å². The topological polar surface area (TPSA) is 84.0 Å². The monoisotopic (exact) mass is 436 g/mol. The Morgan fingerprint density at radius 1 is 0.935 bits per heavy atom. The van der Waals surface area contributed by atoms with Gasteiger partial charge in [0.1, 0.15) is 5.01 Å². The predicted octanol–water partition coefficient (Wildman–Crippen LogP) is 4.74. The molecule has 3 rings (SSSR count). The van der Waals surface area contributed by atoms with Crippen molar-refractivity contribution in [2.45, 2.75) is 46.1 Å². The van der Waals surface area contributed by atoms with E-state index in [4.69, 9.17) is 0 Å². The maximum absolute atomic E-state index is 12.5. The van der Waals surface area contributed by atoms with Gasteiger partial charge in [0.25, 0.3) is 11.8 Å². The van der Waals surface area contributed by atoms with Crippen molar-refractivity contribution in [2.75, 3.05) is 5.32 Å². The van der Waals surface area contributed by atoms with Crippen LogP contribution in [0.15, 0.2) is 54.6 Å². The van der Waals surface area contributed by atoms with Crippen LogP contribution in [0.25, 0.3) is 0 Å². The number of amides is 2.